The first-order valence-corrected chi connectivity index (χ1v) is 45.2. The number of hydrogen-bond donors (Lipinski definition) is 19. The van der Waals surface area contributed by atoms with Crippen molar-refractivity contribution in [2.75, 3.05) is 62.2 Å². The maximum absolute atomic E-state index is 14.8. The van der Waals surface area contributed by atoms with Crippen LogP contribution in [0.5, 0.6) is 0 Å². The summed E-state index contributed by atoms with van der Waals surface area (Å²) in [7, 11) is 0. The number of aliphatic hydroxyl groups excluding tert-OH is 1. The molecule has 676 valence electrons. The molecular formula is C77H135N19O20S3. The van der Waals surface area contributed by atoms with E-state index < -0.39 is 222 Å². The second-order valence-electron chi connectivity index (χ2n) is 31.3. The van der Waals surface area contributed by atoms with Crippen LogP contribution >= 0.6 is 35.3 Å². The Labute approximate surface area is 710 Å². The van der Waals surface area contributed by atoms with E-state index in [0.29, 0.717) is 62.2 Å². The van der Waals surface area contributed by atoms with Crippen LogP contribution in [0.3, 0.4) is 0 Å². The third kappa shape index (κ3) is 37.1. The van der Waals surface area contributed by atoms with Crippen molar-refractivity contribution in [3.63, 3.8) is 0 Å². The summed E-state index contributed by atoms with van der Waals surface area (Å²) in [4.78, 5) is 250. The highest BCUT2D eigenvalue weighted by atomic mass is 32.2. The van der Waals surface area contributed by atoms with Crippen LogP contribution in [0.15, 0.2) is 0 Å². The largest absolute Gasteiger partial charge is 0.480 e. The smallest absolute Gasteiger partial charge is 0.326 e. The molecule has 23 N–H and O–H groups in total. The van der Waals surface area contributed by atoms with Crippen molar-refractivity contribution in [2.45, 2.75) is 288 Å². The molecule has 2 rings (SSSR count). The molecule has 2 fully saturated rings. The second kappa shape index (κ2) is 56.1. The van der Waals surface area contributed by atoms with Gasteiger partial charge in [-0.2, -0.15) is 35.3 Å². The highest BCUT2D eigenvalue weighted by Crippen LogP contribution is 2.24. The molecule has 119 heavy (non-hydrogen) atoms. The average Bonchev–Trinajstić information content (AvgIpc) is 1.65. The van der Waals surface area contributed by atoms with Gasteiger partial charge >= 0.3 is 5.97 Å². The zero-order chi connectivity index (χ0) is 89.9. The normalized spacial score (nSPS) is 17.9. The van der Waals surface area contributed by atoms with E-state index >= 15 is 0 Å². The molecule has 0 aromatic carbocycles. The molecule has 0 saturated carbocycles. The molecule has 17 amide bonds. The quantitative estimate of drug-likeness (QED) is 0.0211. The van der Waals surface area contributed by atoms with Gasteiger partial charge in [0, 0.05) is 13.1 Å². The van der Waals surface area contributed by atoms with Crippen molar-refractivity contribution < 1.29 is 96.5 Å². The number of hydrogen-bond acceptors (Lipinski definition) is 24. The molecule has 2 heterocycles. The van der Waals surface area contributed by atoms with Crippen LogP contribution in [0, 0.1) is 23.7 Å². The Hall–Kier alpha value is -8.61. The van der Waals surface area contributed by atoms with Crippen molar-refractivity contribution in [3.05, 3.63) is 0 Å². The third-order valence-electron chi connectivity index (χ3n) is 20.6. The SMILES string of the molecule is CC[C@H](C)[C@H](NC(=O)[C@H](CC(C)C)NC(=O)[C@H](CCCCN)NC(=O)[C@H](CCSC)NC(=O)[C@H](CC(C)C)NC(=O)[C@@H]1CCCN1C(=O)[C@H](CC(N)=O)NC(=O)[C@@H](NC(=O)[C@H](CCCCN)NC(=O)[C@H](C)NC(=O)[C@H](CCSC)NC(=O)[C@@H]1CCCN1C(=O)[C@@H](NC(=O)[C@H](CCSC)NC=O)[C@@H](C)O)[C@@H](C)CC)C(=O)N[C@@H](CC(N)=O)C(=O)O. The first-order valence-electron chi connectivity index (χ1n) is 41.0. The highest BCUT2D eigenvalue weighted by molar-refractivity contribution is 7.99. The predicted molar refractivity (Wildman–Crippen MR) is 451 cm³/mol. The Balaban J connectivity index is 2.43. The molecule has 2 saturated heterocycles. The van der Waals surface area contributed by atoms with Gasteiger partial charge in [-0.05, 0) is 183 Å². The number of nitrogens with zero attached hydrogens (tertiary/aromatic N) is 2. The Morgan fingerprint density at radius 3 is 1.16 bits per heavy atom. The van der Waals surface area contributed by atoms with E-state index in [1.54, 1.807) is 67.9 Å². The predicted octanol–water partition coefficient (Wildman–Crippen LogP) is -3.16. The molecule has 39 nitrogen and oxygen atoms in total. The van der Waals surface area contributed by atoms with Crippen LogP contribution < -0.4 is 92.1 Å². The zero-order valence-corrected chi connectivity index (χ0v) is 73.6. The van der Waals surface area contributed by atoms with Crippen LogP contribution in [0.4, 0.5) is 0 Å². The van der Waals surface area contributed by atoms with Crippen molar-refractivity contribution in [1.82, 2.24) is 78.9 Å². The van der Waals surface area contributed by atoms with Gasteiger partial charge in [0.1, 0.15) is 90.6 Å². The molecule has 0 aliphatic carbocycles. The van der Waals surface area contributed by atoms with E-state index in [1.807, 2.05) is 6.26 Å². The van der Waals surface area contributed by atoms with Gasteiger partial charge in [0.15, 0.2) is 0 Å². The van der Waals surface area contributed by atoms with Gasteiger partial charge < -0.3 is 112 Å². The van der Waals surface area contributed by atoms with E-state index in [9.17, 15) is 96.5 Å². The monoisotopic (exact) mass is 1740 g/mol. The van der Waals surface area contributed by atoms with Gasteiger partial charge in [0.25, 0.3) is 0 Å². The van der Waals surface area contributed by atoms with Crippen molar-refractivity contribution in [3.8, 4) is 0 Å². The van der Waals surface area contributed by atoms with Crippen LogP contribution in [-0.4, -0.2) is 286 Å². The summed E-state index contributed by atoms with van der Waals surface area (Å²) in [5.74, 6) is -15.6. The van der Waals surface area contributed by atoms with E-state index in [4.69, 9.17) is 22.9 Å². The number of carboxylic acids is 1. The maximum Gasteiger partial charge on any atom is 0.326 e. The lowest BCUT2D eigenvalue weighted by Gasteiger charge is -2.32. The second-order valence-corrected chi connectivity index (χ2v) is 34.2. The molecule has 0 aromatic rings. The zero-order valence-electron chi connectivity index (χ0n) is 71.2. The Kier molecular flexibility index (Phi) is 50.2. The number of unbranched alkanes of at least 4 members (excludes halogenated alkanes) is 2. The fourth-order valence-corrected chi connectivity index (χ4v) is 14.9. The number of nitrogens with two attached hydrogens (primary N) is 4. The van der Waals surface area contributed by atoms with Gasteiger partial charge in [0.2, 0.25) is 101 Å². The average molecular weight is 1740 g/mol. The lowest BCUT2D eigenvalue weighted by atomic mass is 9.96. The Morgan fingerprint density at radius 1 is 0.412 bits per heavy atom. The minimum absolute atomic E-state index is 0.0127. The molecule has 0 unspecified atom stereocenters. The lowest BCUT2D eigenvalue weighted by molar-refractivity contribution is -0.144. The first-order chi connectivity index (χ1) is 56.2. The van der Waals surface area contributed by atoms with Crippen molar-refractivity contribution in [1.29, 1.82) is 0 Å². The number of carbonyl (C=O) groups excluding carboxylic acids is 17. The lowest BCUT2D eigenvalue weighted by Crippen LogP contribution is -2.61. The molecule has 2 aliphatic heterocycles. The number of carbonyl (C=O) groups is 18. The number of primary amides is 2. The molecule has 0 radical (unpaired) electrons. The van der Waals surface area contributed by atoms with Gasteiger partial charge in [-0.15, -0.1) is 0 Å². The van der Waals surface area contributed by atoms with Gasteiger partial charge in [-0.3, -0.25) is 81.5 Å². The Bertz CT molecular complexity index is 3390. The first kappa shape index (κ1) is 106. The van der Waals surface area contributed by atoms with E-state index in [2.05, 4.69) is 69.1 Å². The molecule has 0 aromatic heterocycles. The maximum atomic E-state index is 14.8. The number of rotatable bonds is 59. The molecule has 0 bridgehead atoms. The molecule has 2 aliphatic rings. The summed E-state index contributed by atoms with van der Waals surface area (Å²) < 4.78 is 0. The summed E-state index contributed by atoms with van der Waals surface area (Å²) in [5, 5.41) is 54.5. The number of aliphatic carboxylic acids is 1. The molecular weight excluding hydrogens is 1610 g/mol. The number of thioether (sulfide) groups is 3. The van der Waals surface area contributed by atoms with Gasteiger partial charge in [0.05, 0.1) is 18.9 Å². The summed E-state index contributed by atoms with van der Waals surface area (Å²) in [6, 6.07) is -20.4. The number of likely N-dealkylation sites (tertiary alicyclic amines) is 2. The van der Waals surface area contributed by atoms with E-state index in [-0.39, 0.29) is 109 Å². The fraction of sp³-hybridized carbons (Fsp3) is 0.766. The highest BCUT2D eigenvalue weighted by Gasteiger charge is 2.45. The standard InChI is InChI=1S/C77H135N19O20S3/c1-14-43(7)60(92-68(106)49(23-17-19-30-79)84-63(101)45(9)83-65(103)50(27-34-118-12)87-71(109)57-25-21-32-96(57)76(114)62(46(10)98)94-64(102)47(82-40-97)26-33-117-11)73(111)90-54(38-58(80)99)75(113)95-31-20-24-56(95)72(110)89-52(36-41(3)4)69(107)86-51(28-35-119-13)67(105)85-48(22-16-18-29-78)66(104)88-53(37-42(5)6)70(108)93-61(44(8)15-2)74(112)91-55(77(115)116)39-59(81)100/h40-57,60-62,98H,14-39,78-79H2,1-13H3,(H2,80,99)(H2,81,100)(H,82,97)(H,83,103)(H,84,101)(H,85,105)(H,86,107)(H,87,109)(H,88,104)(H,89,110)(H,90,111)(H,91,112)(H,92,106)(H,93,108)(H,94,102)(H,115,116)/t43-,44-,45-,46+,47-,48-,49-,50-,51-,52-,53-,54-,55-,56-,57-,60-,61-,62-/m0/s1. The number of amides is 17. The van der Waals surface area contributed by atoms with Gasteiger partial charge in [-0.25, -0.2) is 4.79 Å². The van der Waals surface area contributed by atoms with Gasteiger partial charge in [-0.1, -0.05) is 68.2 Å². The number of aliphatic hydroxyl groups is 1. The molecule has 0 spiro atoms. The number of carboxylic acid groups (broad SMARTS) is 1. The van der Waals surface area contributed by atoms with Crippen molar-refractivity contribution >= 4 is 142 Å². The summed E-state index contributed by atoms with van der Waals surface area (Å²) >= 11 is 4.14. The van der Waals surface area contributed by atoms with Crippen LogP contribution in [0.2, 0.25) is 0 Å². The summed E-state index contributed by atoms with van der Waals surface area (Å²) in [5.41, 5.74) is 22.6. The minimum atomic E-state index is -1.71. The van der Waals surface area contributed by atoms with Crippen LogP contribution in [0.1, 0.15) is 191 Å². The van der Waals surface area contributed by atoms with E-state index in [0.717, 1.165) is 4.90 Å². The summed E-state index contributed by atoms with van der Waals surface area (Å²) in [6.45, 7) is 16.9. The topological polar surface area (TPSA) is 615 Å². The Morgan fingerprint density at radius 2 is 0.748 bits per heavy atom. The van der Waals surface area contributed by atoms with Crippen molar-refractivity contribution in [2.24, 2.45) is 46.6 Å². The molecule has 42 heteroatoms. The summed E-state index contributed by atoms with van der Waals surface area (Å²) in [6.07, 6.45) is 6.00. The number of nitrogens with one attached hydrogen (secondary N) is 13. The van der Waals surface area contributed by atoms with Crippen LogP contribution in [0.25, 0.3) is 0 Å². The third-order valence-corrected chi connectivity index (χ3v) is 22.6. The minimum Gasteiger partial charge on any atom is -0.480 e. The molecule has 18 atom stereocenters. The van der Waals surface area contributed by atoms with Crippen LogP contribution in [-0.2, 0) is 86.3 Å². The fourth-order valence-electron chi connectivity index (χ4n) is 13.4. The van der Waals surface area contributed by atoms with E-state index in [1.165, 1.54) is 54.0 Å².